The van der Waals surface area contributed by atoms with E-state index in [1.54, 1.807) is 11.0 Å². The van der Waals surface area contributed by atoms with Crippen molar-refractivity contribution in [1.29, 1.82) is 0 Å². The molecule has 0 saturated carbocycles. The predicted molar refractivity (Wildman–Crippen MR) is 102 cm³/mol. The van der Waals surface area contributed by atoms with Crippen LogP contribution in [0.4, 0.5) is 0 Å². The highest BCUT2D eigenvalue weighted by Crippen LogP contribution is 2.26. The second-order valence-corrected chi connectivity index (χ2v) is 5.93. The minimum Gasteiger partial charge on any atom is -0.490 e. The van der Waals surface area contributed by atoms with E-state index in [9.17, 15) is 9.59 Å². The van der Waals surface area contributed by atoms with Crippen molar-refractivity contribution in [3.05, 3.63) is 24.3 Å². The summed E-state index contributed by atoms with van der Waals surface area (Å²) in [6.45, 7) is 4.29. The number of carbonyl (C=O) groups excluding carboxylic acids is 2. The maximum Gasteiger partial charge on any atom is 0.260 e. The van der Waals surface area contributed by atoms with Crippen LogP contribution in [0.2, 0.25) is 0 Å². The van der Waals surface area contributed by atoms with Gasteiger partial charge < -0.3 is 25.4 Å². The molecule has 3 N–H and O–H groups in total. The first-order valence-corrected chi connectivity index (χ1v) is 8.75. The lowest BCUT2D eigenvalue weighted by Gasteiger charge is -2.32. The molecule has 1 aromatic rings. The summed E-state index contributed by atoms with van der Waals surface area (Å²) in [7, 11) is 0. The monoisotopic (exact) mass is 385 g/mol. The Morgan fingerprint density at radius 1 is 1.27 bits per heavy atom. The molecule has 2 rings (SSSR count). The van der Waals surface area contributed by atoms with Gasteiger partial charge in [-0.15, -0.1) is 12.4 Å². The third kappa shape index (κ3) is 6.38. The van der Waals surface area contributed by atoms with Gasteiger partial charge in [0, 0.05) is 26.2 Å². The molecule has 1 heterocycles. The van der Waals surface area contributed by atoms with Crippen LogP contribution in [0.25, 0.3) is 0 Å². The first-order valence-electron chi connectivity index (χ1n) is 8.75. The molecular weight excluding hydrogens is 358 g/mol. The molecule has 0 spiro atoms. The number of ether oxygens (including phenoxy) is 2. The summed E-state index contributed by atoms with van der Waals surface area (Å²) in [5, 5.41) is 2.79. The normalized spacial score (nSPS) is 16.4. The zero-order chi connectivity index (χ0) is 18.1. The summed E-state index contributed by atoms with van der Waals surface area (Å²) in [5.41, 5.74) is 5.40. The van der Waals surface area contributed by atoms with E-state index in [0.29, 0.717) is 44.3 Å². The summed E-state index contributed by atoms with van der Waals surface area (Å²) in [5.74, 6) is 0.829. The number of nitrogens with two attached hydrogens (primary N) is 1. The van der Waals surface area contributed by atoms with Gasteiger partial charge in [0.1, 0.15) is 0 Å². The number of rotatable bonds is 8. The van der Waals surface area contributed by atoms with E-state index in [-0.39, 0.29) is 36.7 Å². The SMILES string of the molecule is CCOc1ccccc1OCC(=O)N1CCCC(C(=O)NCCN)C1.Cl. The Hall–Kier alpha value is -1.99. The highest BCUT2D eigenvalue weighted by molar-refractivity contribution is 5.85. The molecule has 0 aliphatic carbocycles. The molecule has 1 aromatic carbocycles. The number of nitrogens with zero attached hydrogens (tertiary/aromatic N) is 1. The summed E-state index contributed by atoms with van der Waals surface area (Å²) in [6, 6.07) is 7.27. The number of nitrogens with one attached hydrogen (secondary N) is 1. The summed E-state index contributed by atoms with van der Waals surface area (Å²) in [6.07, 6.45) is 1.59. The zero-order valence-electron chi connectivity index (χ0n) is 15.1. The van der Waals surface area contributed by atoms with E-state index in [2.05, 4.69) is 5.32 Å². The fraction of sp³-hybridized carbons (Fsp3) is 0.556. The van der Waals surface area contributed by atoms with Gasteiger partial charge >= 0.3 is 0 Å². The number of likely N-dealkylation sites (tertiary alicyclic amines) is 1. The number of hydrogen-bond acceptors (Lipinski definition) is 5. The third-order valence-electron chi connectivity index (χ3n) is 4.09. The average molecular weight is 386 g/mol. The van der Waals surface area contributed by atoms with Gasteiger partial charge in [-0.2, -0.15) is 0 Å². The first-order chi connectivity index (χ1) is 12.2. The number of amides is 2. The summed E-state index contributed by atoms with van der Waals surface area (Å²) >= 11 is 0. The van der Waals surface area contributed by atoms with Crippen LogP contribution in [-0.4, -0.2) is 56.1 Å². The number of hydrogen-bond donors (Lipinski definition) is 2. The van der Waals surface area contributed by atoms with Crippen molar-refractivity contribution in [2.75, 3.05) is 39.4 Å². The Balaban J connectivity index is 0.00000338. The maximum atomic E-state index is 12.4. The van der Waals surface area contributed by atoms with E-state index in [4.69, 9.17) is 15.2 Å². The van der Waals surface area contributed by atoms with Gasteiger partial charge in [0.2, 0.25) is 5.91 Å². The minimum atomic E-state index is -0.181. The molecule has 0 bridgehead atoms. The summed E-state index contributed by atoms with van der Waals surface area (Å²) < 4.78 is 11.1. The molecule has 1 atom stereocenters. The molecule has 1 aliphatic rings. The number of piperidine rings is 1. The fourth-order valence-electron chi connectivity index (χ4n) is 2.83. The van der Waals surface area contributed by atoms with Gasteiger partial charge in [-0.25, -0.2) is 0 Å². The van der Waals surface area contributed by atoms with Crippen LogP contribution in [0.15, 0.2) is 24.3 Å². The van der Waals surface area contributed by atoms with Gasteiger partial charge in [0.05, 0.1) is 12.5 Å². The fourth-order valence-corrected chi connectivity index (χ4v) is 2.83. The largest absolute Gasteiger partial charge is 0.490 e. The van der Waals surface area contributed by atoms with Crippen molar-refractivity contribution in [3.63, 3.8) is 0 Å². The van der Waals surface area contributed by atoms with Crippen LogP contribution >= 0.6 is 12.4 Å². The van der Waals surface area contributed by atoms with Crippen LogP contribution < -0.4 is 20.5 Å². The molecule has 26 heavy (non-hydrogen) atoms. The van der Waals surface area contributed by atoms with E-state index in [0.717, 1.165) is 12.8 Å². The number of benzene rings is 1. The van der Waals surface area contributed by atoms with E-state index < -0.39 is 0 Å². The molecule has 1 saturated heterocycles. The quantitative estimate of drug-likeness (QED) is 0.701. The Morgan fingerprint density at radius 2 is 1.96 bits per heavy atom. The van der Waals surface area contributed by atoms with Crippen molar-refractivity contribution in [1.82, 2.24) is 10.2 Å². The molecule has 0 aromatic heterocycles. The Labute approximate surface area is 160 Å². The highest BCUT2D eigenvalue weighted by atomic mass is 35.5. The van der Waals surface area contributed by atoms with Crippen LogP contribution in [0.1, 0.15) is 19.8 Å². The summed E-state index contributed by atoms with van der Waals surface area (Å²) in [4.78, 5) is 26.2. The van der Waals surface area contributed by atoms with Crippen LogP contribution in [0.5, 0.6) is 11.5 Å². The van der Waals surface area contributed by atoms with Gasteiger partial charge in [0.25, 0.3) is 5.91 Å². The van der Waals surface area contributed by atoms with Crippen molar-refractivity contribution in [2.24, 2.45) is 11.7 Å². The predicted octanol–water partition coefficient (Wildman–Crippen LogP) is 1.20. The molecule has 8 heteroatoms. The zero-order valence-corrected chi connectivity index (χ0v) is 15.9. The molecular formula is C18H28ClN3O4. The van der Waals surface area contributed by atoms with Crippen LogP contribution in [0, 0.1) is 5.92 Å². The molecule has 1 aliphatic heterocycles. The Morgan fingerprint density at radius 3 is 2.62 bits per heavy atom. The maximum absolute atomic E-state index is 12.4. The lowest BCUT2D eigenvalue weighted by molar-refractivity contribution is -0.137. The topological polar surface area (TPSA) is 93.9 Å². The molecule has 1 fully saturated rings. The number of para-hydroxylation sites is 2. The van der Waals surface area contributed by atoms with Crippen LogP contribution in [-0.2, 0) is 9.59 Å². The average Bonchev–Trinajstić information content (AvgIpc) is 2.65. The van der Waals surface area contributed by atoms with Crippen LogP contribution in [0.3, 0.4) is 0 Å². The lowest BCUT2D eigenvalue weighted by Crippen LogP contribution is -2.47. The van der Waals surface area contributed by atoms with Crippen molar-refractivity contribution < 1.29 is 19.1 Å². The van der Waals surface area contributed by atoms with Crippen molar-refractivity contribution >= 4 is 24.2 Å². The lowest BCUT2D eigenvalue weighted by atomic mass is 9.97. The van der Waals surface area contributed by atoms with Gasteiger partial charge in [-0.3, -0.25) is 9.59 Å². The Bertz CT molecular complexity index is 585. The van der Waals surface area contributed by atoms with Gasteiger partial charge in [-0.05, 0) is 31.9 Å². The minimum absolute atomic E-state index is 0. The van der Waals surface area contributed by atoms with E-state index >= 15 is 0 Å². The number of carbonyl (C=O) groups is 2. The third-order valence-corrected chi connectivity index (χ3v) is 4.09. The molecule has 0 radical (unpaired) electrons. The number of halogens is 1. The molecule has 7 nitrogen and oxygen atoms in total. The molecule has 1 unspecified atom stereocenters. The van der Waals surface area contributed by atoms with Gasteiger partial charge in [-0.1, -0.05) is 12.1 Å². The molecule has 146 valence electrons. The first kappa shape index (κ1) is 22.1. The van der Waals surface area contributed by atoms with E-state index in [1.807, 2.05) is 25.1 Å². The standard InChI is InChI=1S/C18H27N3O4.ClH/c1-2-24-15-7-3-4-8-16(15)25-13-17(22)21-11-5-6-14(12-21)18(23)20-10-9-19;/h3-4,7-8,14H,2,5-6,9-13,19H2,1H3,(H,20,23);1H. The van der Waals surface area contributed by atoms with Gasteiger partial charge in [0.15, 0.2) is 18.1 Å². The molecule has 2 amide bonds. The second kappa shape index (κ2) is 11.6. The Kier molecular flexibility index (Phi) is 9.83. The van der Waals surface area contributed by atoms with Crippen molar-refractivity contribution in [3.8, 4) is 11.5 Å². The van der Waals surface area contributed by atoms with E-state index in [1.165, 1.54) is 0 Å². The smallest absolute Gasteiger partial charge is 0.260 e. The highest BCUT2D eigenvalue weighted by Gasteiger charge is 2.28. The van der Waals surface area contributed by atoms with Crippen molar-refractivity contribution in [2.45, 2.75) is 19.8 Å². The second-order valence-electron chi connectivity index (χ2n) is 5.93.